The number of benzene rings is 1. The predicted molar refractivity (Wildman–Crippen MR) is 112 cm³/mol. The van der Waals surface area contributed by atoms with E-state index in [1.165, 1.54) is 0 Å². The Kier molecular flexibility index (Phi) is 4.16. The summed E-state index contributed by atoms with van der Waals surface area (Å²) in [5, 5.41) is 2.05. The van der Waals surface area contributed by atoms with Crippen molar-refractivity contribution < 1.29 is 4.79 Å². The number of nitrogens with zero attached hydrogens (tertiary/aromatic N) is 4. The standard InChI is InChI=1S/C22H22N4OS/c1-14-10-15(2)24-22(23-14)25-11-16-12-26(19(16)13-25)21(27)18-7-4-3-6-17(18)20-8-5-9-28-20/h3-10,16,19H,11-13H2,1-2H3. The summed E-state index contributed by atoms with van der Waals surface area (Å²) in [4.78, 5) is 27.9. The highest BCUT2D eigenvalue weighted by molar-refractivity contribution is 7.13. The molecule has 6 heteroatoms. The molecule has 2 atom stereocenters. The molecule has 28 heavy (non-hydrogen) atoms. The first-order valence-electron chi connectivity index (χ1n) is 9.61. The number of hydrogen-bond acceptors (Lipinski definition) is 5. The highest BCUT2D eigenvalue weighted by Gasteiger charge is 2.48. The molecule has 142 valence electrons. The Morgan fingerprint density at radius 3 is 2.57 bits per heavy atom. The normalized spacial score (nSPS) is 20.8. The minimum atomic E-state index is 0.133. The summed E-state index contributed by atoms with van der Waals surface area (Å²) < 4.78 is 0. The van der Waals surface area contributed by atoms with Gasteiger partial charge in [-0.05, 0) is 37.4 Å². The van der Waals surface area contributed by atoms with E-state index in [0.29, 0.717) is 5.92 Å². The number of fused-ring (bicyclic) bond motifs is 1. The maximum atomic E-state index is 13.3. The van der Waals surface area contributed by atoms with Crippen LogP contribution in [0.1, 0.15) is 21.7 Å². The average molecular weight is 391 g/mol. The van der Waals surface area contributed by atoms with Gasteiger partial charge in [-0.2, -0.15) is 0 Å². The fourth-order valence-corrected chi connectivity index (χ4v) is 5.12. The van der Waals surface area contributed by atoms with E-state index in [0.717, 1.165) is 53.0 Å². The van der Waals surface area contributed by atoms with Gasteiger partial charge in [-0.3, -0.25) is 4.79 Å². The van der Waals surface area contributed by atoms with Crippen LogP contribution in [0.2, 0.25) is 0 Å². The first-order chi connectivity index (χ1) is 13.6. The Labute approximate surface area is 168 Å². The zero-order chi connectivity index (χ0) is 19.3. The molecule has 0 saturated carbocycles. The summed E-state index contributed by atoms with van der Waals surface area (Å²) in [6.07, 6.45) is 0. The van der Waals surface area contributed by atoms with E-state index in [4.69, 9.17) is 0 Å². The molecule has 5 rings (SSSR count). The molecule has 2 aliphatic heterocycles. The SMILES string of the molecule is Cc1cc(C)nc(N2CC3CN(C(=O)c4ccccc4-c4cccs4)C3C2)n1. The summed E-state index contributed by atoms with van der Waals surface area (Å²) >= 11 is 1.67. The lowest BCUT2D eigenvalue weighted by Crippen LogP contribution is -2.58. The third-order valence-corrected chi connectivity index (χ3v) is 6.60. The van der Waals surface area contributed by atoms with Crippen molar-refractivity contribution in [3.8, 4) is 10.4 Å². The van der Waals surface area contributed by atoms with Crippen molar-refractivity contribution in [1.82, 2.24) is 14.9 Å². The summed E-state index contributed by atoms with van der Waals surface area (Å²) in [7, 11) is 0. The van der Waals surface area contributed by atoms with Crippen molar-refractivity contribution >= 4 is 23.2 Å². The van der Waals surface area contributed by atoms with E-state index >= 15 is 0 Å². The van der Waals surface area contributed by atoms with Crippen molar-refractivity contribution in [2.45, 2.75) is 19.9 Å². The Hall–Kier alpha value is -2.73. The molecule has 3 aromatic rings. The lowest BCUT2D eigenvalue weighted by molar-refractivity contribution is 0.0328. The van der Waals surface area contributed by atoms with E-state index in [2.05, 4.69) is 26.3 Å². The van der Waals surface area contributed by atoms with Gasteiger partial charge in [0.2, 0.25) is 5.95 Å². The lowest BCUT2D eigenvalue weighted by atomic mass is 9.90. The smallest absolute Gasteiger partial charge is 0.254 e. The minimum Gasteiger partial charge on any atom is -0.338 e. The molecule has 2 aliphatic rings. The van der Waals surface area contributed by atoms with Crippen LogP contribution in [0.3, 0.4) is 0 Å². The van der Waals surface area contributed by atoms with Crippen LogP contribution in [0.25, 0.3) is 10.4 Å². The number of carbonyl (C=O) groups is 1. The first-order valence-corrected chi connectivity index (χ1v) is 10.5. The average Bonchev–Trinajstić information content (AvgIpc) is 3.30. The Morgan fingerprint density at radius 1 is 1.04 bits per heavy atom. The van der Waals surface area contributed by atoms with Crippen LogP contribution >= 0.6 is 11.3 Å². The number of thiophene rings is 1. The molecule has 2 fully saturated rings. The number of amides is 1. The second kappa shape index (κ2) is 6.71. The Morgan fingerprint density at radius 2 is 1.82 bits per heavy atom. The molecular formula is C22H22N4OS. The molecule has 0 radical (unpaired) electrons. The quantitative estimate of drug-likeness (QED) is 0.683. The fourth-order valence-electron chi connectivity index (χ4n) is 4.35. The van der Waals surface area contributed by atoms with Gasteiger partial charge in [-0.1, -0.05) is 24.3 Å². The van der Waals surface area contributed by atoms with Crippen LogP contribution in [0.15, 0.2) is 47.8 Å². The fraction of sp³-hybridized carbons (Fsp3) is 0.318. The largest absolute Gasteiger partial charge is 0.338 e. The third-order valence-electron chi connectivity index (χ3n) is 5.70. The molecule has 2 unspecified atom stereocenters. The molecule has 1 amide bonds. The van der Waals surface area contributed by atoms with Crippen LogP contribution in [0, 0.1) is 19.8 Å². The molecule has 0 spiro atoms. The maximum absolute atomic E-state index is 13.3. The lowest BCUT2D eigenvalue weighted by Gasteiger charge is -2.43. The second-order valence-corrected chi connectivity index (χ2v) is 8.61. The summed E-state index contributed by atoms with van der Waals surface area (Å²) in [6, 6.07) is 14.3. The molecule has 2 aromatic heterocycles. The summed E-state index contributed by atoms with van der Waals surface area (Å²) in [5.74, 6) is 1.42. The number of aryl methyl sites for hydroxylation is 2. The molecule has 2 saturated heterocycles. The van der Waals surface area contributed by atoms with Crippen molar-refractivity contribution in [3.05, 3.63) is 64.8 Å². The van der Waals surface area contributed by atoms with Gasteiger partial charge in [0.25, 0.3) is 5.91 Å². The second-order valence-electron chi connectivity index (χ2n) is 7.66. The van der Waals surface area contributed by atoms with E-state index in [1.807, 2.05) is 55.1 Å². The molecule has 0 bridgehead atoms. The number of carbonyl (C=O) groups excluding carboxylic acids is 1. The molecular weight excluding hydrogens is 368 g/mol. The number of hydrogen-bond donors (Lipinski definition) is 0. The minimum absolute atomic E-state index is 0.133. The molecule has 0 N–H and O–H groups in total. The van der Waals surface area contributed by atoms with Gasteiger partial charge < -0.3 is 9.80 Å². The molecule has 5 nitrogen and oxygen atoms in total. The number of anilines is 1. The predicted octanol–water partition coefficient (Wildman–Crippen LogP) is 3.78. The Bertz CT molecular complexity index is 1010. The van der Waals surface area contributed by atoms with E-state index < -0.39 is 0 Å². The number of aromatic nitrogens is 2. The number of rotatable bonds is 3. The topological polar surface area (TPSA) is 49.3 Å². The van der Waals surface area contributed by atoms with Crippen molar-refractivity contribution in [2.24, 2.45) is 5.92 Å². The van der Waals surface area contributed by atoms with Crippen LogP contribution in [-0.2, 0) is 0 Å². The van der Waals surface area contributed by atoms with E-state index in [9.17, 15) is 4.79 Å². The van der Waals surface area contributed by atoms with Gasteiger partial charge >= 0.3 is 0 Å². The van der Waals surface area contributed by atoms with Crippen molar-refractivity contribution in [1.29, 1.82) is 0 Å². The molecule has 1 aromatic carbocycles. The van der Waals surface area contributed by atoms with Gasteiger partial charge in [0, 0.05) is 52.9 Å². The van der Waals surface area contributed by atoms with Gasteiger partial charge in [0.1, 0.15) is 0 Å². The highest BCUT2D eigenvalue weighted by Crippen LogP contribution is 2.37. The van der Waals surface area contributed by atoms with Crippen LogP contribution in [-0.4, -0.2) is 46.5 Å². The highest BCUT2D eigenvalue weighted by atomic mass is 32.1. The third kappa shape index (κ3) is 2.88. The van der Waals surface area contributed by atoms with Gasteiger partial charge in [-0.25, -0.2) is 9.97 Å². The molecule has 0 aliphatic carbocycles. The van der Waals surface area contributed by atoms with Crippen LogP contribution < -0.4 is 4.90 Å². The monoisotopic (exact) mass is 390 g/mol. The van der Waals surface area contributed by atoms with Crippen LogP contribution in [0.4, 0.5) is 5.95 Å². The van der Waals surface area contributed by atoms with Crippen molar-refractivity contribution in [2.75, 3.05) is 24.5 Å². The summed E-state index contributed by atoms with van der Waals surface area (Å²) in [6.45, 7) is 6.54. The maximum Gasteiger partial charge on any atom is 0.254 e. The van der Waals surface area contributed by atoms with Gasteiger partial charge in [-0.15, -0.1) is 11.3 Å². The van der Waals surface area contributed by atoms with Crippen LogP contribution in [0.5, 0.6) is 0 Å². The van der Waals surface area contributed by atoms with E-state index in [1.54, 1.807) is 11.3 Å². The van der Waals surface area contributed by atoms with Crippen molar-refractivity contribution in [3.63, 3.8) is 0 Å². The zero-order valence-corrected chi connectivity index (χ0v) is 16.8. The zero-order valence-electron chi connectivity index (χ0n) is 16.0. The van der Waals surface area contributed by atoms with E-state index in [-0.39, 0.29) is 11.9 Å². The van der Waals surface area contributed by atoms with Gasteiger partial charge in [0.05, 0.1) is 6.04 Å². The first kappa shape index (κ1) is 17.4. The van der Waals surface area contributed by atoms with Gasteiger partial charge in [0.15, 0.2) is 0 Å². The Balaban J connectivity index is 1.37. The number of likely N-dealkylation sites (tertiary alicyclic amines) is 1. The molecule has 4 heterocycles. The summed E-state index contributed by atoms with van der Waals surface area (Å²) in [5.41, 5.74) is 3.79.